The van der Waals surface area contributed by atoms with Gasteiger partial charge in [0.05, 0.1) is 0 Å². The van der Waals surface area contributed by atoms with Gasteiger partial charge in [0.2, 0.25) is 5.78 Å². The molecular weight excluding hydrogens is 430 g/mol. The number of carboxylic acid groups (broad SMARTS) is 1. The van der Waals surface area contributed by atoms with Crippen molar-refractivity contribution in [1.29, 1.82) is 5.26 Å². The largest absolute Gasteiger partial charge is 0.505 e. The predicted octanol–water partition coefficient (Wildman–Crippen LogP) is 2.43. The lowest BCUT2D eigenvalue weighted by Crippen LogP contribution is -2.54. The first-order chi connectivity index (χ1) is 15.6. The lowest BCUT2D eigenvalue weighted by Gasteiger charge is -2.15. The molecule has 33 heavy (non-hydrogen) atoms. The molecule has 0 bridgehead atoms. The number of ketones is 1. The molecule has 0 spiro atoms. The number of Topliss-reactive ketones (excluding diaryl/α,β-unsaturated/α-hetero) is 1. The fraction of sp³-hybridized carbons (Fsp3) is 0.136. The predicted molar refractivity (Wildman–Crippen MR) is 116 cm³/mol. The van der Waals surface area contributed by atoms with Crippen LogP contribution in [0.2, 0.25) is 0 Å². The van der Waals surface area contributed by atoms with Crippen molar-refractivity contribution in [3.8, 4) is 23.3 Å². The minimum absolute atomic E-state index is 0.203. The molecule has 4 rings (SSSR count). The van der Waals surface area contributed by atoms with Crippen LogP contribution in [0.25, 0.3) is 21.9 Å². The molecule has 0 amide bonds. The number of rotatable bonds is 6. The fourth-order valence-electron chi connectivity index (χ4n) is 3.08. The third-order valence-electron chi connectivity index (χ3n) is 4.89. The van der Waals surface area contributed by atoms with E-state index < -0.39 is 28.7 Å². The molecule has 2 heterocycles. The Bertz CT molecular complexity index is 1470. The number of aliphatic carboxylic acids is 1. The summed E-state index contributed by atoms with van der Waals surface area (Å²) in [5.74, 6) is -2.85. The average Bonchev–Trinajstić information content (AvgIpc) is 3.22. The van der Waals surface area contributed by atoms with Crippen molar-refractivity contribution >= 4 is 39.6 Å². The lowest BCUT2D eigenvalue weighted by molar-refractivity contribution is -0.139. The molecule has 0 aliphatic heterocycles. The second kappa shape index (κ2) is 7.77. The second-order valence-corrected chi connectivity index (χ2v) is 7.38. The summed E-state index contributed by atoms with van der Waals surface area (Å²) in [4.78, 5) is 33.7. The first kappa shape index (κ1) is 21.5. The molecule has 2 aromatic heterocycles. The van der Waals surface area contributed by atoms with Gasteiger partial charge in [-0.3, -0.25) is 10.5 Å². The first-order valence-corrected chi connectivity index (χ1v) is 9.50. The summed E-state index contributed by atoms with van der Waals surface area (Å²) in [5, 5.41) is 29.3. The molecule has 0 radical (unpaired) electrons. The van der Waals surface area contributed by atoms with E-state index in [2.05, 4.69) is 9.97 Å². The topological polar surface area (TPSA) is 176 Å². The van der Waals surface area contributed by atoms with Crippen molar-refractivity contribution in [2.24, 2.45) is 5.73 Å². The van der Waals surface area contributed by atoms with Crippen LogP contribution in [0.1, 0.15) is 10.5 Å². The highest BCUT2D eigenvalue weighted by molar-refractivity contribution is 6.19. The Morgan fingerprint density at radius 1 is 1.21 bits per heavy atom. The summed E-state index contributed by atoms with van der Waals surface area (Å²) in [6, 6.07) is 11.5. The van der Waals surface area contributed by atoms with Gasteiger partial charge in [-0.2, -0.15) is 10.2 Å². The minimum atomic E-state index is -2.87. The molecular formula is C22H17N5O6. The van der Waals surface area contributed by atoms with E-state index in [1.807, 2.05) is 14.1 Å². The Labute approximate surface area is 186 Å². The van der Waals surface area contributed by atoms with Crippen molar-refractivity contribution in [1.82, 2.24) is 9.97 Å². The van der Waals surface area contributed by atoms with Crippen molar-refractivity contribution < 1.29 is 29.0 Å². The Balaban J connectivity index is 1.66. The van der Waals surface area contributed by atoms with Crippen molar-refractivity contribution in [2.75, 3.05) is 19.0 Å². The van der Waals surface area contributed by atoms with Crippen molar-refractivity contribution in [3.63, 3.8) is 0 Å². The van der Waals surface area contributed by atoms with Crippen LogP contribution in [0.5, 0.6) is 17.2 Å². The van der Waals surface area contributed by atoms with Crippen LogP contribution in [-0.2, 0) is 4.79 Å². The molecule has 1 unspecified atom stereocenters. The standard InChI is InChI=1S/C22H17N5O6/c1-27(2)21-26-15-8-13(4-6-16(15)33-21)32-12-3-5-14-11(7-12)9-25-17(18(14)28)19(29)22(24,10-23)20(30)31/h3-9,28H,24H2,1-2H3,(H,30,31). The lowest BCUT2D eigenvalue weighted by atomic mass is 9.93. The highest BCUT2D eigenvalue weighted by Gasteiger charge is 2.45. The summed E-state index contributed by atoms with van der Waals surface area (Å²) < 4.78 is 11.5. The molecule has 11 heteroatoms. The average molecular weight is 447 g/mol. The van der Waals surface area contributed by atoms with Gasteiger partial charge in [-0.15, -0.1) is 0 Å². The summed E-state index contributed by atoms with van der Waals surface area (Å²) in [5.41, 5.74) is 3.13. The Hall–Kier alpha value is -4.69. The van der Waals surface area contributed by atoms with Gasteiger partial charge in [-0.05, 0) is 30.3 Å². The Morgan fingerprint density at radius 2 is 1.91 bits per heavy atom. The molecule has 0 fully saturated rings. The van der Waals surface area contributed by atoms with E-state index in [1.54, 1.807) is 35.2 Å². The number of carboxylic acids is 1. The maximum absolute atomic E-state index is 12.5. The number of nitrogens with zero attached hydrogens (tertiary/aromatic N) is 4. The monoisotopic (exact) mass is 447 g/mol. The number of carbonyl (C=O) groups excluding carboxylic acids is 1. The highest BCUT2D eigenvalue weighted by Crippen LogP contribution is 2.33. The first-order valence-electron chi connectivity index (χ1n) is 9.50. The van der Waals surface area contributed by atoms with Crippen LogP contribution >= 0.6 is 0 Å². The van der Waals surface area contributed by atoms with E-state index in [0.717, 1.165) is 0 Å². The molecule has 1 atom stereocenters. The number of anilines is 1. The maximum atomic E-state index is 12.5. The van der Waals surface area contributed by atoms with Gasteiger partial charge in [-0.1, -0.05) is 0 Å². The molecule has 11 nitrogen and oxygen atoms in total. The third-order valence-corrected chi connectivity index (χ3v) is 4.89. The van der Waals surface area contributed by atoms with Gasteiger partial charge in [0.15, 0.2) is 17.0 Å². The van der Waals surface area contributed by atoms with E-state index in [1.165, 1.54) is 18.3 Å². The maximum Gasteiger partial charge on any atom is 0.346 e. The number of hydrogen-bond acceptors (Lipinski definition) is 10. The number of aromatic hydroxyl groups is 1. The van der Waals surface area contributed by atoms with Crippen LogP contribution in [0.15, 0.2) is 47.0 Å². The van der Waals surface area contributed by atoms with Gasteiger partial charge in [0.25, 0.3) is 11.6 Å². The van der Waals surface area contributed by atoms with Crippen LogP contribution in [0.3, 0.4) is 0 Å². The number of fused-ring (bicyclic) bond motifs is 2. The zero-order valence-corrected chi connectivity index (χ0v) is 17.4. The molecule has 0 aliphatic carbocycles. The minimum Gasteiger partial charge on any atom is -0.505 e. The molecule has 4 N–H and O–H groups in total. The number of nitriles is 1. The Morgan fingerprint density at radius 3 is 2.58 bits per heavy atom. The molecule has 0 aliphatic rings. The van der Waals surface area contributed by atoms with Gasteiger partial charge < -0.3 is 24.3 Å². The van der Waals surface area contributed by atoms with E-state index in [0.29, 0.717) is 34.0 Å². The molecule has 166 valence electrons. The number of hydrogen-bond donors (Lipinski definition) is 3. The normalized spacial score (nSPS) is 12.8. The highest BCUT2D eigenvalue weighted by atomic mass is 16.5. The van der Waals surface area contributed by atoms with Gasteiger partial charge in [0, 0.05) is 37.1 Å². The second-order valence-electron chi connectivity index (χ2n) is 7.38. The van der Waals surface area contributed by atoms with Crippen LogP contribution in [0.4, 0.5) is 6.01 Å². The van der Waals surface area contributed by atoms with E-state index in [-0.39, 0.29) is 5.39 Å². The summed E-state index contributed by atoms with van der Waals surface area (Å²) in [7, 11) is 3.63. The van der Waals surface area contributed by atoms with E-state index in [9.17, 15) is 14.7 Å². The van der Waals surface area contributed by atoms with Crippen LogP contribution in [0, 0.1) is 11.3 Å². The number of ether oxygens (including phenoxy) is 1. The van der Waals surface area contributed by atoms with Crippen molar-refractivity contribution in [3.05, 3.63) is 48.3 Å². The quantitative estimate of drug-likeness (QED) is 0.292. The molecule has 0 saturated heterocycles. The van der Waals surface area contributed by atoms with Gasteiger partial charge in [-0.25, -0.2) is 9.78 Å². The third kappa shape index (κ3) is 3.64. The van der Waals surface area contributed by atoms with Crippen molar-refractivity contribution in [2.45, 2.75) is 5.54 Å². The number of carbonyl (C=O) groups is 2. The number of benzene rings is 2. The van der Waals surface area contributed by atoms with Gasteiger partial charge >= 0.3 is 5.97 Å². The number of nitrogens with two attached hydrogens (primary N) is 1. The van der Waals surface area contributed by atoms with E-state index >= 15 is 0 Å². The fourth-order valence-corrected chi connectivity index (χ4v) is 3.08. The summed E-state index contributed by atoms with van der Waals surface area (Å²) >= 11 is 0. The van der Waals surface area contributed by atoms with Crippen LogP contribution < -0.4 is 15.4 Å². The molecule has 4 aromatic rings. The zero-order valence-electron chi connectivity index (χ0n) is 17.4. The van der Waals surface area contributed by atoms with Gasteiger partial charge in [0.1, 0.15) is 23.1 Å². The SMILES string of the molecule is CN(C)c1nc2cc(Oc3ccc4c(O)c(C(=O)C(N)(C#N)C(=O)O)ncc4c3)ccc2o1. The molecule has 0 saturated carbocycles. The Kier molecular flexibility index (Phi) is 5.07. The smallest absolute Gasteiger partial charge is 0.346 e. The summed E-state index contributed by atoms with van der Waals surface area (Å²) in [6.07, 6.45) is 1.25. The zero-order chi connectivity index (χ0) is 23.9. The molecule has 2 aromatic carbocycles. The number of oxazole rings is 1. The van der Waals surface area contributed by atoms with Crippen LogP contribution in [-0.4, -0.2) is 51.6 Å². The number of pyridine rings is 1. The summed E-state index contributed by atoms with van der Waals surface area (Å²) in [6.45, 7) is 0. The van der Waals surface area contributed by atoms with E-state index in [4.69, 9.17) is 25.3 Å². The number of aromatic nitrogens is 2.